The van der Waals surface area contributed by atoms with E-state index in [4.69, 9.17) is 0 Å². The van der Waals surface area contributed by atoms with Gasteiger partial charge in [0, 0.05) is 5.69 Å². The molecule has 1 aromatic carbocycles. The minimum absolute atomic E-state index is 0.186. The number of rotatable bonds is 6. The SMILES string of the molecule is CCC(CC(=O)Nc1ccc(C(F)(F)F)cc1)OS(=O)[O-]. The van der Waals surface area contributed by atoms with Crippen molar-refractivity contribution in [3.8, 4) is 0 Å². The molecule has 1 aromatic rings. The number of hydrogen-bond acceptors (Lipinski definition) is 4. The normalized spacial score (nSPS) is 14.5. The van der Waals surface area contributed by atoms with Gasteiger partial charge in [-0.15, -0.1) is 0 Å². The molecule has 1 amide bonds. The summed E-state index contributed by atoms with van der Waals surface area (Å²) < 4.78 is 62.3. The van der Waals surface area contributed by atoms with E-state index in [1.54, 1.807) is 6.92 Å². The molecular formula is C12H13F3NO4S-. The minimum Gasteiger partial charge on any atom is -0.750 e. The van der Waals surface area contributed by atoms with Crippen LogP contribution in [0.4, 0.5) is 18.9 Å². The first kappa shape index (κ1) is 17.6. The quantitative estimate of drug-likeness (QED) is 0.816. The average Bonchev–Trinajstić information content (AvgIpc) is 2.36. The molecule has 0 aliphatic carbocycles. The van der Waals surface area contributed by atoms with Gasteiger partial charge >= 0.3 is 6.18 Å². The fourth-order valence-electron chi connectivity index (χ4n) is 1.52. The van der Waals surface area contributed by atoms with Crippen LogP contribution in [-0.2, 0) is 26.5 Å². The summed E-state index contributed by atoms with van der Waals surface area (Å²) in [5, 5.41) is 2.37. The molecule has 1 N–H and O–H groups in total. The van der Waals surface area contributed by atoms with Crippen LogP contribution in [0.5, 0.6) is 0 Å². The van der Waals surface area contributed by atoms with E-state index in [2.05, 4.69) is 9.50 Å². The van der Waals surface area contributed by atoms with Crippen LogP contribution in [0.2, 0.25) is 0 Å². The lowest BCUT2D eigenvalue weighted by atomic mass is 10.1. The molecule has 0 radical (unpaired) electrons. The van der Waals surface area contributed by atoms with Gasteiger partial charge in [0.15, 0.2) is 0 Å². The third-order valence-electron chi connectivity index (χ3n) is 2.58. The Kier molecular flexibility index (Phi) is 6.31. The first-order valence-corrected chi connectivity index (χ1v) is 6.96. The molecule has 0 aliphatic rings. The molecule has 0 aliphatic heterocycles. The third kappa shape index (κ3) is 6.23. The minimum atomic E-state index is -4.44. The molecule has 9 heteroatoms. The van der Waals surface area contributed by atoms with Crippen molar-refractivity contribution in [2.75, 3.05) is 5.32 Å². The molecule has 0 saturated carbocycles. The summed E-state index contributed by atoms with van der Waals surface area (Å²) in [4.78, 5) is 11.6. The number of amides is 1. The van der Waals surface area contributed by atoms with Crippen LogP contribution in [0.25, 0.3) is 0 Å². The van der Waals surface area contributed by atoms with Crippen molar-refractivity contribution in [1.29, 1.82) is 0 Å². The van der Waals surface area contributed by atoms with Crippen molar-refractivity contribution in [1.82, 2.24) is 0 Å². The van der Waals surface area contributed by atoms with Gasteiger partial charge < -0.3 is 9.87 Å². The Morgan fingerprint density at radius 2 is 1.95 bits per heavy atom. The summed E-state index contributed by atoms with van der Waals surface area (Å²) in [6.07, 6.45) is -5.17. The van der Waals surface area contributed by atoms with Crippen molar-refractivity contribution < 1.29 is 30.9 Å². The van der Waals surface area contributed by atoms with Crippen molar-refractivity contribution in [3.05, 3.63) is 29.8 Å². The zero-order chi connectivity index (χ0) is 16.0. The van der Waals surface area contributed by atoms with Crippen LogP contribution in [0.1, 0.15) is 25.3 Å². The lowest BCUT2D eigenvalue weighted by Gasteiger charge is -2.16. The van der Waals surface area contributed by atoms with Gasteiger partial charge in [-0.2, -0.15) is 13.2 Å². The van der Waals surface area contributed by atoms with Gasteiger partial charge in [-0.05, 0) is 30.7 Å². The number of nitrogens with one attached hydrogen (secondary N) is 1. The number of hydrogen-bond donors (Lipinski definition) is 1. The Morgan fingerprint density at radius 1 is 1.38 bits per heavy atom. The first-order valence-electron chi connectivity index (χ1n) is 5.96. The summed E-state index contributed by atoms with van der Waals surface area (Å²) in [7, 11) is 0. The van der Waals surface area contributed by atoms with Gasteiger partial charge in [-0.1, -0.05) is 6.92 Å². The second-order valence-electron chi connectivity index (χ2n) is 4.16. The predicted molar refractivity (Wildman–Crippen MR) is 68.8 cm³/mol. The van der Waals surface area contributed by atoms with E-state index in [0.717, 1.165) is 24.3 Å². The summed E-state index contributed by atoms with van der Waals surface area (Å²) in [6, 6.07) is 3.93. The smallest absolute Gasteiger partial charge is 0.416 e. The number of carbonyl (C=O) groups excluding carboxylic acids is 1. The fraction of sp³-hybridized carbons (Fsp3) is 0.417. The molecule has 2 unspecified atom stereocenters. The zero-order valence-corrected chi connectivity index (χ0v) is 11.8. The molecule has 118 valence electrons. The van der Waals surface area contributed by atoms with Crippen LogP contribution < -0.4 is 5.32 Å². The number of benzene rings is 1. The standard InChI is InChI=1S/C12H14F3NO4S/c1-2-10(20-21(18)19)7-11(17)16-9-5-3-8(4-6-9)12(13,14)15/h3-6,10H,2,7H2,1H3,(H,16,17)(H,18,19)/p-1. The molecule has 21 heavy (non-hydrogen) atoms. The van der Waals surface area contributed by atoms with E-state index < -0.39 is 35.1 Å². The van der Waals surface area contributed by atoms with E-state index in [1.807, 2.05) is 0 Å². The maximum atomic E-state index is 12.4. The Bertz CT molecular complexity index is 504. The van der Waals surface area contributed by atoms with Gasteiger partial charge in [-0.3, -0.25) is 8.98 Å². The Morgan fingerprint density at radius 3 is 2.38 bits per heavy atom. The lowest BCUT2D eigenvalue weighted by molar-refractivity contribution is -0.137. The van der Waals surface area contributed by atoms with Crippen LogP contribution in [0.3, 0.4) is 0 Å². The maximum Gasteiger partial charge on any atom is 0.416 e. The molecule has 0 spiro atoms. The Balaban J connectivity index is 2.60. The molecule has 0 heterocycles. The summed E-state index contributed by atoms with van der Waals surface area (Å²) in [5.74, 6) is -0.549. The number of halogens is 3. The zero-order valence-electron chi connectivity index (χ0n) is 11.0. The van der Waals surface area contributed by atoms with E-state index in [1.165, 1.54) is 0 Å². The van der Waals surface area contributed by atoms with Gasteiger partial charge in [0.1, 0.15) is 0 Å². The van der Waals surface area contributed by atoms with Crippen LogP contribution in [0.15, 0.2) is 24.3 Å². The third-order valence-corrected chi connectivity index (χ3v) is 3.01. The molecule has 5 nitrogen and oxygen atoms in total. The van der Waals surface area contributed by atoms with Crippen molar-refractivity contribution in [3.63, 3.8) is 0 Å². The molecule has 0 bridgehead atoms. The average molecular weight is 324 g/mol. The second kappa shape index (κ2) is 7.53. The largest absolute Gasteiger partial charge is 0.750 e. The predicted octanol–water partition coefficient (Wildman–Crippen LogP) is 2.62. The van der Waals surface area contributed by atoms with Gasteiger partial charge in [0.25, 0.3) is 0 Å². The van der Waals surface area contributed by atoms with E-state index in [9.17, 15) is 26.7 Å². The highest BCUT2D eigenvalue weighted by Crippen LogP contribution is 2.29. The van der Waals surface area contributed by atoms with Gasteiger partial charge in [-0.25, -0.2) is 4.21 Å². The topological polar surface area (TPSA) is 78.5 Å². The molecule has 0 saturated heterocycles. The van der Waals surface area contributed by atoms with E-state index >= 15 is 0 Å². The van der Waals surface area contributed by atoms with Gasteiger partial charge in [0.2, 0.25) is 5.91 Å². The molecule has 2 atom stereocenters. The highest BCUT2D eigenvalue weighted by Gasteiger charge is 2.30. The highest BCUT2D eigenvalue weighted by molar-refractivity contribution is 7.74. The number of alkyl halides is 3. The van der Waals surface area contributed by atoms with Crippen molar-refractivity contribution >= 4 is 23.0 Å². The van der Waals surface area contributed by atoms with Crippen LogP contribution in [0, 0.1) is 0 Å². The number of anilines is 1. The second-order valence-corrected chi connectivity index (χ2v) is 4.76. The van der Waals surface area contributed by atoms with Crippen LogP contribution in [-0.4, -0.2) is 20.8 Å². The Labute approximate surface area is 122 Å². The van der Waals surface area contributed by atoms with E-state index in [-0.39, 0.29) is 12.1 Å². The van der Waals surface area contributed by atoms with E-state index in [0.29, 0.717) is 6.42 Å². The molecular weight excluding hydrogens is 311 g/mol. The van der Waals surface area contributed by atoms with Gasteiger partial charge in [0.05, 0.1) is 29.4 Å². The summed E-state index contributed by atoms with van der Waals surface area (Å²) in [5.41, 5.74) is -0.636. The fourth-order valence-corrected chi connectivity index (χ4v) is 1.95. The van der Waals surface area contributed by atoms with Crippen molar-refractivity contribution in [2.24, 2.45) is 0 Å². The lowest BCUT2D eigenvalue weighted by Crippen LogP contribution is -2.22. The van der Waals surface area contributed by atoms with Crippen LogP contribution >= 0.6 is 0 Å². The summed E-state index contributed by atoms with van der Waals surface area (Å²) in [6.45, 7) is 1.64. The molecule has 0 aromatic heterocycles. The maximum absolute atomic E-state index is 12.4. The highest BCUT2D eigenvalue weighted by atomic mass is 32.2. The molecule has 0 fully saturated rings. The first-order chi connectivity index (χ1) is 9.72. The van der Waals surface area contributed by atoms with Crippen molar-refractivity contribution in [2.45, 2.75) is 32.0 Å². The monoisotopic (exact) mass is 324 g/mol. The number of carbonyl (C=O) groups is 1. The Hall–Kier alpha value is -1.45. The summed E-state index contributed by atoms with van der Waals surface area (Å²) >= 11 is -2.73. The molecule has 1 rings (SSSR count).